The Morgan fingerprint density at radius 3 is 0.636 bits per heavy atom. The van der Waals surface area contributed by atoms with Crippen molar-refractivity contribution < 1.29 is 167 Å². The summed E-state index contributed by atoms with van der Waals surface area (Å²) in [6, 6.07) is -3.27. The molecule has 0 heterocycles. The molecule has 0 unspecified atom stereocenters. The van der Waals surface area contributed by atoms with Gasteiger partial charge in [0.25, 0.3) is 0 Å². The second-order valence-electron chi connectivity index (χ2n) is 12.4. The lowest BCUT2D eigenvalue weighted by atomic mass is 9.88. The highest BCUT2D eigenvalue weighted by molar-refractivity contribution is 7.42. The normalized spacial score (nSPS) is 16.4. The molecule has 400 valence electrons. The van der Waals surface area contributed by atoms with Gasteiger partial charge in [-0.1, -0.05) is 0 Å². The van der Waals surface area contributed by atoms with Crippen LogP contribution < -0.4 is 0 Å². The first kappa shape index (κ1) is 66.6. The lowest BCUT2D eigenvalue weighted by Gasteiger charge is -2.43. The smallest absolute Gasteiger partial charge is 0.396 e. The van der Waals surface area contributed by atoms with E-state index in [0.29, 0.717) is 28.4 Å². The molecule has 0 N–H and O–H groups in total. The van der Waals surface area contributed by atoms with Crippen molar-refractivity contribution in [1.82, 2.24) is 0 Å². The largest absolute Gasteiger partial charge is 0.500 e. The van der Waals surface area contributed by atoms with Crippen molar-refractivity contribution in [2.24, 2.45) is 0 Å². The maximum atomic E-state index is 13.8. The van der Waals surface area contributed by atoms with Crippen LogP contribution in [-0.4, -0.2) is 139 Å². The third kappa shape index (κ3) is 10.4. The Morgan fingerprint density at radius 1 is 0.273 bits per heavy atom. The molecule has 0 aromatic heterocycles. The monoisotopic (exact) mass is 1140 g/mol. The maximum Gasteiger partial charge on any atom is 0.500 e. The highest BCUT2D eigenvalue weighted by Crippen LogP contribution is 2.66. The Morgan fingerprint density at radius 2 is 0.455 bits per heavy atom. The van der Waals surface area contributed by atoms with Crippen LogP contribution in [0.5, 0.6) is 0 Å². The Labute approximate surface area is 353 Å². The van der Waals surface area contributed by atoms with Gasteiger partial charge < -0.3 is 17.7 Å². The number of halogens is 36. The molecule has 0 aliphatic carbocycles. The number of alkyl halides is 34. The van der Waals surface area contributed by atoms with Crippen molar-refractivity contribution >= 4 is 37.9 Å². The highest BCUT2D eigenvalue weighted by atomic mass is 35.7. The van der Waals surface area contributed by atoms with Gasteiger partial charge in [0, 0.05) is 47.3 Å². The molecule has 0 aliphatic rings. The quantitative estimate of drug-likeness (QED) is 0.0615. The average molecular weight is 1150 g/mol. The van der Waals surface area contributed by atoms with E-state index in [9.17, 15) is 149 Å². The Balaban J connectivity index is 0. The summed E-state index contributed by atoms with van der Waals surface area (Å²) in [5.74, 6) is -113. The van der Waals surface area contributed by atoms with Gasteiger partial charge in [0.1, 0.15) is 0 Å². The standard InChI is InChI=1S/C13H13F17O3Si.C11H7Cl2F17OSi/c1-31-34(32-2,33-3)5-4-6(14,15)7(16,17)8(18,19)9(20,21)10(22,23)11(24,25)12(26,27)13(28,29)30;1-31-32(12,13)3-2-4(14,15)5(16,17)6(18,19)7(20,21)8(22,23)9(24,25)10(26,27)11(28,29)30/h4-5H2,1-3H3;2-3H2,1H3. The molecule has 0 rings (SSSR count). The minimum Gasteiger partial charge on any atom is -0.396 e. The molecule has 42 heteroatoms. The molecule has 0 saturated carbocycles. The van der Waals surface area contributed by atoms with Crippen LogP contribution in [0.15, 0.2) is 0 Å². The second-order valence-corrected chi connectivity index (χ2v) is 22.0. The maximum absolute atomic E-state index is 13.8. The summed E-state index contributed by atoms with van der Waals surface area (Å²) in [4.78, 5) is 0. The van der Waals surface area contributed by atoms with Crippen LogP contribution in [-0.2, 0) is 17.7 Å². The van der Waals surface area contributed by atoms with E-state index >= 15 is 0 Å². The third-order valence-electron chi connectivity index (χ3n) is 8.28. The van der Waals surface area contributed by atoms with Gasteiger partial charge in [0.2, 0.25) is 0 Å². The topological polar surface area (TPSA) is 36.9 Å². The summed E-state index contributed by atoms with van der Waals surface area (Å²) in [7, 11) is -1.76. The van der Waals surface area contributed by atoms with Crippen molar-refractivity contribution in [1.29, 1.82) is 0 Å². The van der Waals surface area contributed by atoms with E-state index < -0.39 is 136 Å². The predicted octanol–water partition coefficient (Wildman–Crippen LogP) is 13.7. The first-order chi connectivity index (χ1) is 28.2. The van der Waals surface area contributed by atoms with Gasteiger partial charge in [0.05, 0.1) is 0 Å². The minimum absolute atomic E-state index is 0.592. The zero-order chi connectivity index (χ0) is 54.7. The summed E-state index contributed by atoms with van der Waals surface area (Å²) in [6.45, 7) is -4.38. The fourth-order valence-electron chi connectivity index (χ4n) is 3.98. The molecule has 0 aromatic rings. The number of hydrogen-bond donors (Lipinski definition) is 0. The molecule has 0 amide bonds. The molecule has 0 atom stereocenters. The molecule has 0 radical (unpaired) electrons. The van der Waals surface area contributed by atoms with Crippen LogP contribution in [0.4, 0.5) is 149 Å². The van der Waals surface area contributed by atoms with Gasteiger partial charge in [0.15, 0.2) is 0 Å². The molecular formula is C24H20Cl2F34O4Si2. The van der Waals surface area contributed by atoms with Crippen molar-refractivity contribution in [2.45, 2.75) is 120 Å². The van der Waals surface area contributed by atoms with Crippen LogP contribution in [0, 0.1) is 0 Å². The number of rotatable bonds is 22. The van der Waals surface area contributed by atoms with Crippen LogP contribution in [0.1, 0.15) is 12.8 Å². The summed E-state index contributed by atoms with van der Waals surface area (Å²) < 4.78 is 463. The Hall–Kier alpha value is -1.53. The van der Waals surface area contributed by atoms with E-state index in [1.807, 2.05) is 0 Å². The van der Waals surface area contributed by atoms with E-state index in [1.54, 1.807) is 0 Å². The molecule has 0 fully saturated rings. The molecule has 0 bridgehead atoms. The highest BCUT2D eigenvalue weighted by Gasteiger charge is 2.97. The van der Waals surface area contributed by atoms with Gasteiger partial charge in [-0.2, -0.15) is 149 Å². The summed E-state index contributed by atoms with van der Waals surface area (Å²) >= 11 is 10.3. The van der Waals surface area contributed by atoms with Gasteiger partial charge in [-0.15, -0.1) is 22.2 Å². The van der Waals surface area contributed by atoms with Gasteiger partial charge >= 0.3 is 111 Å². The lowest BCUT2D eigenvalue weighted by Crippen LogP contribution is -2.74. The molecule has 4 nitrogen and oxygen atoms in total. The lowest BCUT2D eigenvalue weighted by molar-refractivity contribution is -0.461. The molecule has 0 saturated heterocycles. The summed E-state index contributed by atoms with van der Waals surface area (Å²) in [5, 5.41) is 0. The van der Waals surface area contributed by atoms with Crippen molar-refractivity contribution in [3.63, 3.8) is 0 Å². The Kier molecular flexibility index (Phi) is 19.1. The SMILES string of the molecule is CO[Si](CCC(F)(F)C(F)(F)C(F)(F)C(F)(F)C(F)(F)C(F)(F)C(F)(F)C(F)(F)F)(OC)OC.CO[Si](Cl)(Cl)CCC(F)(F)C(F)(F)C(F)(F)C(F)(F)C(F)(F)C(F)(F)C(F)(F)C(F)(F)F. The van der Waals surface area contributed by atoms with Crippen LogP contribution in [0.2, 0.25) is 12.1 Å². The van der Waals surface area contributed by atoms with E-state index in [1.165, 1.54) is 0 Å². The summed E-state index contributed by atoms with van der Waals surface area (Å²) in [5.41, 5.74) is 0. The average Bonchev–Trinajstić information content (AvgIpc) is 3.13. The minimum atomic E-state index is -8.65. The van der Waals surface area contributed by atoms with Gasteiger partial charge in [-0.05, 0) is 6.04 Å². The third-order valence-corrected chi connectivity index (χ3v) is 14.5. The molecular weight excluding hydrogens is 1130 g/mol. The van der Waals surface area contributed by atoms with E-state index in [2.05, 4.69) is 17.7 Å². The second kappa shape index (κ2) is 18.9. The van der Waals surface area contributed by atoms with E-state index in [-0.39, 0.29) is 0 Å². The van der Waals surface area contributed by atoms with Crippen LogP contribution >= 0.6 is 22.2 Å². The predicted molar refractivity (Wildman–Crippen MR) is 151 cm³/mol. The first-order valence-corrected chi connectivity index (χ1v) is 21.2. The van der Waals surface area contributed by atoms with E-state index in [0.717, 1.165) is 0 Å². The zero-order valence-electron chi connectivity index (χ0n) is 31.1. The van der Waals surface area contributed by atoms with Crippen LogP contribution in [0.3, 0.4) is 0 Å². The number of hydrogen-bond acceptors (Lipinski definition) is 4. The van der Waals surface area contributed by atoms with E-state index in [4.69, 9.17) is 22.2 Å². The van der Waals surface area contributed by atoms with Crippen LogP contribution in [0.25, 0.3) is 0 Å². The van der Waals surface area contributed by atoms with Gasteiger partial charge in [-0.3, -0.25) is 0 Å². The van der Waals surface area contributed by atoms with Gasteiger partial charge in [-0.25, -0.2) is 0 Å². The molecule has 0 aliphatic heterocycles. The first-order valence-electron chi connectivity index (χ1n) is 15.2. The molecule has 0 aromatic carbocycles. The van der Waals surface area contributed by atoms with Crippen molar-refractivity contribution in [3.8, 4) is 0 Å². The summed E-state index contributed by atoms with van der Waals surface area (Å²) in [6.07, 6.45) is -21.0. The zero-order valence-corrected chi connectivity index (χ0v) is 34.6. The Bertz CT molecular complexity index is 1600. The van der Waals surface area contributed by atoms with Crippen molar-refractivity contribution in [3.05, 3.63) is 0 Å². The van der Waals surface area contributed by atoms with Crippen molar-refractivity contribution in [2.75, 3.05) is 28.4 Å². The molecule has 66 heavy (non-hydrogen) atoms. The molecule has 0 spiro atoms. The fraction of sp³-hybridized carbons (Fsp3) is 1.00. The fourth-order valence-corrected chi connectivity index (χ4v) is 7.09.